The lowest BCUT2D eigenvalue weighted by Gasteiger charge is -2.36. The normalized spacial score (nSPS) is 20.3. The Balaban J connectivity index is 2.39. The average molecular weight is 352 g/mol. The molecular formula is C17H22F2N4O2. The van der Waals surface area contributed by atoms with Gasteiger partial charge in [-0.3, -0.25) is 0 Å². The summed E-state index contributed by atoms with van der Waals surface area (Å²) in [5.74, 6) is -2.56. The number of nitrogens with zero attached hydrogens (tertiary/aromatic N) is 4. The third-order valence-corrected chi connectivity index (χ3v) is 3.82. The Morgan fingerprint density at radius 2 is 2.16 bits per heavy atom. The fraction of sp³-hybridized carbons (Fsp3) is 0.529. The predicted octanol–water partition coefficient (Wildman–Crippen LogP) is 2.51. The van der Waals surface area contributed by atoms with Gasteiger partial charge in [0.05, 0.1) is 25.7 Å². The number of methoxy groups -OCH3 is 1. The van der Waals surface area contributed by atoms with Crippen LogP contribution in [-0.2, 0) is 0 Å². The summed E-state index contributed by atoms with van der Waals surface area (Å²) in [6, 6.07) is 5.01. The second-order valence-electron chi connectivity index (χ2n) is 6.23. The van der Waals surface area contributed by atoms with Crippen LogP contribution >= 0.6 is 0 Å². The Morgan fingerprint density at radius 1 is 1.44 bits per heavy atom. The molecule has 1 atom stereocenters. The summed E-state index contributed by atoms with van der Waals surface area (Å²) >= 11 is 0. The van der Waals surface area contributed by atoms with Gasteiger partial charge in [0.1, 0.15) is 23.1 Å². The van der Waals surface area contributed by atoms with Gasteiger partial charge in [-0.2, -0.15) is 5.26 Å². The van der Waals surface area contributed by atoms with Crippen molar-refractivity contribution in [2.24, 2.45) is 4.99 Å². The number of aliphatic imine (C=N–C) groups is 1. The van der Waals surface area contributed by atoms with Crippen LogP contribution in [0.3, 0.4) is 0 Å². The van der Waals surface area contributed by atoms with Gasteiger partial charge in [-0.15, -0.1) is 0 Å². The highest BCUT2D eigenvalue weighted by Gasteiger charge is 2.45. The van der Waals surface area contributed by atoms with Crippen molar-refractivity contribution in [2.45, 2.75) is 18.4 Å². The number of benzene rings is 1. The molecule has 6 nitrogen and oxygen atoms in total. The molecule has 0 radical (unpaired) electrons. The highest BCUT2D eigenvalue weighted by molar-refractivity contribution is 5.70. The molecule has 0 aromatic heterocycles. The molecule has 1 aromatic rings. The van der Waals surface area contributed by atoms with E-state index in [0.717, 1.165) is 0 Å². The second-order valence-corrected chi connectivity index (χ2v) is 6.23. The van der Waals surface area contributed by atoms with Crippen LogP contribution in [0.1, 0.15) is 12.0 Å². The number of rotatable bonds is 5. The van der Waals surface area contributed by atoms with E-state index in [2.05, 4.69) is 4.99 Å². The van der Waals surface area contributed by atoms with Crippen LogP contribution in [0.5, 0.6) is 11.5 Å². The van der Waals surface area contributed by atoms with E-state index in [-0.39, 0.29) is 24.3 Å². The quantitative estimate of drug-likeness (QED) is 0.602. The number of likely N-dealkylation sites (tertiary alicyclic amines) is 1. The lowest BCUT2D eigenvalue weighted by molar-refractivity contribution is -0.135. The van der Waals surface area contributed by atoms with E-state index in [4.69, 9.17) is 9.47 Å². The van der Waals surface area contributed by atoms with E-state index in [1.165, 1.54) is 19.5 Å². The van der Waals surface area contributed by atoms with Crippen LogP contribution in [0.15, 0.2) is 17.1 Å². The lowest BCUT2D eigenvalue weighted by Crippen LogP contribution is -2.52. The van der Waals surface area contributed by atoms with E-state index in [0.29, 0.717) is 18.0 Å². The molecule has 1 fully saturated rings. The van der Waals surface area contributed by atoms with E-state index < -0.39 is 12.0 Å². The van der Waals surface area contributed by atoms with E-state index in [1.807, 2.05) is 6.07 Å². The standard InChI is InChI=1S/C17H22F2N4O2/c1-22(2)11-21-14-7-12(24-4)8-15(13(14)9-20)25-16-5-6-23(3)10-17(16,18)19/h7-8,11,16H,5-6,10H2,1-4H3/b21-11-. The molecular weight excluding hydrogens is 330 g/mol. The predicted molar refractivity (Wildman–Crippen MR) is 91.0 cm³/mol. The summed E-state index contributed by atoms with van der Waals surface area (Å²) < 4.78 is 39.3. The molecule has 1 saturated heterocycles. The van der Waals surface area contributed by atoms with Crippen molar-refractivity contribution in [3.8, 4) is 17.6 Å². The van der Waals surface area contributed by atoms with Gasteiger partial charge >= 0.3 is 0 Å². The summed E-state index contributed by atoms with van der Waals surface area (Å²) in [7, 11) is 6.66. The van der Waals surface area contributed by atoms with E-state index in [9.17, 15) is 14.0 Å². The third-order valence-electron chi connectivity index (χ3n) is 3.82. The van der Waals surface area contributed by atoms with Gasteiger partial charge in [-0.1, -0.05) is 0 Å². The zero-order valence-electron chi connectivity index (χ0n) is 14.8. The number of alkyl halides is 2. The van der Waals surface area contributed by atoms with Crippen molar-refractivity contribution in [3.63, 3.8) is 0 Å². The molecule has 1 heterocycles. The van der Waals surface area contributed by atoms with E-state index >= 15 is 0 Å². The Bertz CT molecular complexity index is 686. The minimum absolute atomic E-state index is 0.0574. The number of hydrogen-bond donors (Lipinski definition) is 0. The Morgan fingerprint density at radius 3 is 2.72 bits per heavy atom. The molecule has 0 bridgehead atoms. The van der Waals surface area contributed by atoms with Crippen molar-refractivity contribution >= 4 is 12.0 Å². The average Bonchev–Trinajstić information content (AvgIpc) is 2.54. The number of halogens is 2. The first-order valence-corrected chi connectivity index (χ1v) is 7.82. The van der Waals surface area contributed by atoms with Gasteiger partial charge in [0.25, 0.3) is 5.92 Å². The van der Waals surface area contributed by atoms with Crippen molar-refractivity contribution < 1.29 is 18.3 Å². The fourth-order valence-corrected chi connectivity index (χ4v) is 2.57. The number of piperidine rings is 1. The first-order chi connectivity index (χ1) is 11.8. The molecule has 0 amide bonds. The van der Waals surface area contributed by atoms with Crippen LogP contribution in [-0.4, -0.2) is 69.5 Å². The van der Waals surface area contributed by atoms with Gasteiger partial charge in [0.2, 0.25) is 0 Å². The van der Waals surface area contributed by atoms with Gasteiger partial charge < -0.3 is 19.3 Å². The molecule has 0 aliphatic carbocycles. The lowest BCUT2D eigenvalue weighted by atomic mass is 10.0. The van der Waals surface area contributed by atoms with Crippen molar-refractivity contribution in [1.29, 1.82) is 5.26 Å². The smallest absolute Gasteiger partial charge is 0.296 e. The monoisotopic (exact) mass is 352 g/mol. The molecule has 1 aliphatic rings. The minimum atomic E-state index is -3.00. The first kappa shape index (κ1) is 18.9. The largest absolute Gasteiger partial charge is 0.497 e. The second kappa shape index (κ2) is 7.66. The van der Waals surface area contributed by atoms with Crippen LogP contribution in [0.25, 0.3) is 0 Å². The maximum absolute atomic E-state index is 14.3. The molecule has 1 aliphatic heterocycles. The SMILES string of the molecule is COc1cc(/N=C\N(C)C)c(C#N)c(OC2CCN(C)CC2(F)F)c1. The number of ether oxygens (including phenoxy) is 2. The Labute approximate surface area is 146 Å². The molecule has 8 heteroatoms. The third kappa shape index (κ3) is 4.57. The highest BCUT2D eigenvalue weighted by atomic mass is 19.3. The Kier molecular flexibility index (Phi) is 5.80. The molecule has 2 rings (SSSR count). The summed E-state index contributed by atoms with van der Waals surface area (Å²) in [5, 5.41) is 9.48. The molecule has 1 unspecified atom stereocenters. The van der Waals surface area contributed by atoms with Crippen molar-refractivity contribution in [2.75, 3.05) is 41.3 Å². The molecule has 136 valence electrons. The fourth-order valence-electron chi connectivity index (χ4n) is 2.57. The van der Waals surface area contributed by atoms with Crippen LogP contribution in [0, 0.1) is 11.3 Å². The summed E-state index contributed by atoms with van der Waals surface area (Å²) in [4.78, 5) is 7.47. The van der Waals surface area contributed by atoms with Gasteiger partial charge in [0, 0.05) is 39.2 Å². The summed E-state index contributed by atoms with van der Waals surface area (Å²) in [6.07, 6.45) is 0.388. The maximum Gasteiger partial charge on any atom is 0.296 e. The van der Waals surface area contributed by atoms with Crippen LogP contribution in [0.4, 0.5) is 14.5 Å². The summed E-state index contributed by atoms with van der Waals surface area (Å²) in [5.41, 5.74) is 0.412. The number of nitriles is 1. The van der Waals surface area contributed by atoms with Gasteiger partial charge in [-0.25, -0.2) is 13.8 Å². The van der Waals surface area contributed by atoms with Crippen molar-refractivity contribution in [3.05, 3.63) is 17.7 Å². The first-order valence-electron chi connectivity index (χ1n) is 7.82. The molecule has 0 N–H and O–H groups in total. The van der Waals surface area contributed by atoms with Gasteiger partial charge in [-0.05, 0) is 7.05 Å². The minimum Gasteiger partial charge on any atom is -0.497 e. The molecule has 1 aromatic carbocycles. The zero-order valence-corrected chi connectivity index (χ0v) is 14.8. The molecule has 0 saturated carbocycles. The summed E-state index contributed by atoms with van der Waals surface area (Å²) in [6.45, 7) is 0.118. The Hall–Kier alpha value is -2.40. The van der Waals surface area contributed by atoms with Crippen molar-refractivity contribution in [1.82, 2.24) is 9.80 Å². The van der Waals surface area contributed by atoms with Gasteiger partial charge in [0.15, 0.2) is 6.10 Å². The zero-order chi connectivity index (χ0) is 18.6. The molecule has 0 spiro atoms. The highest BCUT2D eigenvalue weighted by Crippen LogP contribution is 2.37. The van der Waals surface area contributed by atoms with Crippen LogP contribution < -0.4 is 9.47 Å². The number of hydrogen-bond acceptors (Lipinski definition) is 5. The maximum atomic E-state index is 14.3. The topological polar surface area (TPSA) is 61.1 Å². The van der Waals surface area contributed by atoms with E-state index in [1.54, 1.807) is 37.0 Å². The van der Waals surface area contributed by atoms with Crippen LogP contribution in [0.2, 0.25) is 0 Å². The molecule has 25 heavy (non-hydrogen) atoms.